The molecular formula is C12H20N2. The van der Waals surface area contributed by atoms with Crippen LogP contribution in [0.4, 0.5) is 0 Å². The molecule has 2 nitrogen and oxygen atoms in total. The zero-order valence-corrected chi connectivity index (χ0v) is 9.59. The Morgan fingerprint density at radius 3 is 2.64 bits per heavy atom. The van der Waals surface area contributed by atoms with E-state index in [9.17, 15) is 0 Å². The lowest BCUT2D eigenvalue weighted by molar-refractivity contribution is 0.429. The van der Waals surface area contributed by atoms with E-state index in [1.165, 1.54) is 5.56 Å². The van der Waals surface area contributed by atoms with Gasteiger partial charge in [-0.25, -0.2) is 0 Å². The molecule has 2 heteroatoms. The average Bonchev–Trinajstić information content (AvgIpc) is 2.06. The van der Waals surface area contributed by atoms with E-state index in [1.54, 1.807) is 0 Å². The minimum atomic E-state index is 0.204. The highest BCUT2D eigenvalue weighted by molar-refractivity contribution is 5.18. The van der Waals surface area contributed by atoms with Crippen LogP contribution in [0.2, 0.25) is 0 Å². The fraction of sp³-hybridized carbons (Fsp3) is 0.583. The van der Waals surface area contributed by atoms with Crippen LogP contribution in [-0.2, 0) is 6.42 Å². The molecule has 0 atom stereocenters. The second-order valence-electron chi connectivity index (χ2n) is 4.67. The van der Waals surface area contributed by atoms with Crippen LogP contribution in [0, 0.1) is 6.92 Å². The van der Waals surface area contributed by atoms with Crippen LogP contribution >= 0.6 is 0 Å². The Bertz CT molecular complexity index is 287. The Kier molecular flexibility index (Phi) is 3.64. The van der Waals surface area contributed by atoms with E-state index >= 15 is 0 Å². The molecule has 1 aromatic heterocycles. The van der Waals surface area contributed by atoms with Gasteiger partial charge in [0, 0.05) is 17.4 Å². The van der Waals surface area contributed by atoms with Gasteiger partial charge < -0.3 is 5.32 Å². The van der Waals surface area contributed by atoms with Crippen molar-refractivity contribution in [2.24, 2.45) is 0 Å². The van der Waals surface area contributed by atoms with Crippen LogP contribution in [-0.4, -0.2) is 17.1 Å². The lowest BCUT2D eigenvalue weighted by Crippen LogP contribution is -2.37. The van der Waals surface area contributed by atoms with Crippen LogP contribution in [0.1, 0.15) is 32.0 Å². The highest BCUT2D eigenvalue weighted by Crippen LogP contribution is 2.05. The van der Waals surface area contributed by atoms with Crippen molar-refractivity contribution in [3.8, 4) is 0 Å². The third kappa shape index (κ3) is 3.88. The predicted octanol–water partition coefficient (Wildman–Crippen LogP) is 2.32. The normalized spacial score (nSPS) is 11.7. The van der Waals surface area contributed by atoms with Crippen molar-refractivity contribution in [1.82, 2.24) is 10.3 Å². The summed E-state index contributed by atoms with van der Waals surface area (Å²) in [6.07, 6.45) is 2.90. The molecule has 0 saturated carbocycles. The van der Waals surface area contributed by atoms with Crippen LogP contribution in [0.3, 0.4) is 0 Å². The standard InChI is InChI=1S/C12H20N2/c1-10-11(6-5-8-13-10)7-9-14-12(2,3)4/h5-6,8,14H,7,9H2,1-4H3. The fourth-order valence-electron chi connectivity index (χ4n) is 1.35. The Labute approximate surface area is 86.8 Å². The summed E-state index contributed by atoms with van der Waals surface area (Å²) in [6.45, 7) is 9.62. The van der Waals surface area contributed by atoms with Gasteiger partial charge in [0.25, 0.3) is 0 Å². The van der Waals surface area contributed by atoms with Gasteiger partial charge in [-0.05, 0) is 52.3 Å². The van der Waals surface area contributed by atoms with Gasteiger partial charge in [0.2, 0.25) is 0 Å². The minimum Gasteiger partial charge on any atom is -0.312 e. The predicted molar refractivity (Wildman–Crippen MR) is 60.4 cm³/mol. The van der Waals surface area contributed by atoms with Crippen LogP contribution < -0.4 is 5.32 Å². The van der Waals surface area contributed by atoms with Gasteiger partial charge in [-0.3, -0.25) is 4.98 Å². The summed E-state index contributed by atoms with van der Waals surface area (Å²) in [6, 6.07) is 4.14. The summed E-state index contributed by atoms with van der Waals surface area (Å²) in [4.78, 5) is 4.27. The molecule has 0 aliphatic carbocycles. The molecule has 0 aliphatic rings. The molecule has 0 fully saturated rings. The average molecular weight is 192 g/mol. The number of rotatable bonds is 3. The fourth-order valence-corrected chi connectivity index (χ4v) is 1.35. The Hall–Kier alpha value is -0.890. The van der Waals surface area contributed by atoms with Gasteiger partial charge in [-0.1, -0.05) is 6.07 Å². The van der Waals surface area contributed by atoms with E-state index in [2.05, 4.69) is 44.1 Å². The SMILES string of the molecule is Cc1ncccc1CCNC(C)(C)C. The first kappa shape index (κ1) is 11.2. The highest BCUT2D eigenvalue weighted by Gasteiger charge is 2.07. The largest absolute Gasteiger partial charge is 0.312 e. The van der Waals surface area contributed by atoms with Gasteiger partial charge in [0.1, 0.15) is 0 Å². The number of aryl methyl sites for hydroxylation is 1. The molecule has 0 radical (unpaired) electrons. The molecule has 1 heterocycles. The number of hydrogen-bond donors (Lipinski definition) is 1. The van der Waals surface area contributed by atoms with Crippen LogP contribution in [0.25, 0.3) is 0 Å². The smallest absolute Gasteiger partial charge is 0.0405 e. The highest BCUT2D eigenvalue weighted by atomic mass is 14.9. The van der Waals surface area contributed by atoms with Crippen LogP contribution in [0.15, 0.2) is 18.3 Å². The van der Waals surface area contributed by atoms with Crippen molar-refractivity contribution in [3.63, 3.8) is 0 Å². The summed E-state index contributed by atoms with van der Waals surface area (Å²) in [5, 5.41) is 3.47. The zero-order chi connectivity index (χ0) is 10.6. The molecule has 1 rings (SSSR count). The van der Waals surface area contributed by atoms with Crippen molar-refractivity contribution >= 4 is 0 Å². The topological polar surface area (TPSA) is 24.9 Å². The van der Waals surface area contributed by atoms with Gasteiger partial charge in [0.15, 0.2) is 0 Å². The maximum absolute atomic E-state index is 4.27. The van der Waals surface area contributed by atoms with Gasteiger partial charge in [-0.2, -0.15) is 0 Å². The Morgan fingerprint density at radius 1 is 1.36 bits per heavy atom. The summed E-state index contributed by atoms with van der Waals surface area (Å²) >= 11 is 0. The zero-order valence-electron chi connectivity index (χ0n) is 9.59. The molecule has 1 N–H and O–H groups in total. The number of nitrogens with zero attached hydrogens (tertiary/aromatic N) is 1. The molecule has 0 bridgehead atoms. The van der Waals surface area contributed by atoms with Crippen molar-refractivity contribution in [2.45, 2.75) is 39.7 Å². The molecule has 1 aromatic rings. The molecule has 0 spiro atoms. The van der Waals surface area contributed by atoms with E-state index in [0.717, 1.165) is 18.7 Å². The van der Waals surface area contributed by atoms with Crippen molar-refractivity contribution in [3.05, 3.63) is 29.6 Å². The summed E-state index contributed by atoms with van der Waals surface area (Å²) in [5.74, 6) is 0. The Morgan fingerprint density at radius 2 is 2.07 bits per heavy atom. The first-order valence-corrected chi connectivity index (χ1v) is 5.14. The second-order valence-corrected chi connectivity index (χ2v) is 4.67. The van der Waals surface area contributed by atoms with E-state index in [1.807, 2.05) is 12.3 Å². The summed E-state index contributed by atoms with van der Waals surface area (Å²) < 4.78 is 0. The quantitative estimate of drug-likeness (QED) is 0.795. The van der Waals surface area contributed by atoms with Crippen LogP contribution in [0.5, 0.6) is 0 Å². The number of hydrogen-bond acceptors (Lipinski definition) is 2. The summed E-state index contributed by atoms with van der Waals surface area (Å²) in [7, 11) is 0. The molecule has 14 heavy (non-hydrogen) atoms. The maximum Gasteiger partial charge on any atom is 0.0405 e. The molecule has 0 aromatic carbocycles. The molecule has 0 amide bonds. The van der Waals surface area contributed by atoms with Crippen molar-refractivity contribution in [1.29, 1.82) is 0 Å². The minimum absolute atomic E-state index is 0.204. The molecular weight excluding hydrogens is 172 g/mol. The molecule has 0 saturated heterocycles. The van der Waals surface area contributed by atoms with E-state index in [4.69, 9.17) is 0 Å². The second kappa shape index (κ2) is 4.56. The van der Waals surface area contributed by atoms with Gasteiger partial charge in [-0.15, -0.1) is 0 Å². The van der Waals surface area contributed by atoms with Gasteiger partial charge >= 0.3 is 0 Å². The number of aromatic nitrogens is 1. The number of pyridine rings is 1. The first-order chi connectivity index (χ1) is 6.49. The first-order valence-electron chi connectivity index (χ1n) is 5.14. The third-order valence-corrected chi connectivity index (χ3v) is 2.17. The third-order valence-electron chi connectivity index (χ3n) is 2.17. The van der Waals surface area contributed by atoms with Crippen molar-refractivity contribution in [2.75, 3.05) is 6.54 Å². The maximum atomic E-state index is 4.27. The van der Waals surface area contributed by atoms with Crippen molar-refractivity contribution < 1.29 is 0 Å². The Balaban J connectivity index is 2.43. The summed E-state index contributed by atoms with van der Waals surface area (Å²) in [5.41, 5.74) is 2.68. The molecule has 0 unspecified atom stereocenters. The monoisotopic (exact) mass is 192 g/mol. The van der Waals surface area contributed by atoms with E-state index in [0.29, 0.717) is 0 Å². The number of nitrogens with one attached hydrogen (secondary N) is 1. The molecule has 0 aliphatic heterocycles. The van der Waals surface area contributed by atoms with Gasteiger partial charge in [0.05, 0.1) is 0 Å². The lowest BCUT2D eigenvalue weighted by atomic mass is 10.1. The van der Waals surface area contributed by atoms with E-state index in [-0.39, 0.29) is 5.54 Å². The van der Waals surface area contributed by atoms with E-state index < -0.39 is 0 Å². The molecule has 78 valence electrons. The lowest BCUT2D eigenvalue weighted by Gasteiger charge is -2.20.